The molecule has 208 valence electrons. The summed E-state index contributed by atoms with van der Waals surface area (Å²) in [6, 6.07) is 35.3. The van der Waals surface area contributed by atoms with Gasteiger partial charge in [0.15, 0.2) is 5.52 Å². The molecule has 0 saturated heterocycles. The van der Waals surface area contributed by atoms with Crippen LogP contribution in [0.5, 0.6) is 0 Å². The minimum atomic E-state index is 0.568. The van der Waals surface area contributed by atoms with E-state index >= 15 is 0 Å². The first kappa shape index (κ1) is 26.6. The largest absolute Gasteiger partial charge is 0.323 e. The van der Waals surface area contributed by atoms with Crippen LogP contribution in [0.4, 0.5) is 0 Å². The molecule has 5 nitrogen and oxygen atoms in total. The molecule has 7 aromatic rings. The number of hydrogen-bond donors (Lipinski definition) is 0. The fourth-order valence-corrected chi connectivity index (χ4v) is 6.02. The molecule has 7 rings (SSSR count). The van der Waals surface area contributed by atoms with E-state index in [0.717, 1.165) is 56.2 Å². The van der Waals surface area contributed by atoms with E-state index in [1.165, 1.54) is 5.39 Å². The third-order valence-corrected chi connectivity index (χ3v) is 7.89. The van der Waals surface area contributed by atoms with Gasteiger partial charge in [-0.15, -0.1) is 0 Å². The normalized spacial score (nSPS) is 11.7. The second kappa shape index (κ2) is 11.2. The van der Waals surface area contributed by atoms with E-state index in [9.17, 15) is 0 Å². The molecule has 43 heavy (non-hydrogen) atoms. The van der Waals surface area contributed by atoms with Gasteiger partial charge in [-0.05, 0) is 48.0 Å². The molecule has 3 aromatic heterocycles. The lowest BCUT2D eigenvalue weighted by molar-refractivity contribution is -0.665. The van der Waals surface area contributed by atoms with Crippen LogP contribution in [0.2, 0.25) is 5.02 Å². The van der Waals surface area contributed by atoms with E-state index in [4.69, 9.17) is 21.6 Å². The summed E-state index contributed by atoms with van der Waals surface area (Å²) in [6.45, 7) is 9.22. The van der Waals surface area contributed by atoms with Crippen molar-refractivity contribution in [2.45, 2.75) is 13.1 Å². The zero-order valence-electron chi connectivity index (χ0n) is 23.6. The second-order valence-corrected chi connectivity index (χ2v) is 10.7. The first-order chi connectivity index (χ1) is 21.2. The number of aromatic nitrogens is 5. The lowest BCUT2D eigenvalue weighted by Gasteiger charge is -2.12. The van der Waals surface area contributed by atoms with Crippen molar-refractivity contribution < 1.29 is 4.57 Å². The quantitative estimate of drug-likeness (QED) is 0.134. The lowest BCUT2D eigenvalue weighted by atomic mass is 10.0. The van der Waals surface area contributed by atoms with Gasteiger partial charge in [0.2, 0.25) is 5.82 Å². The number of para-hydroxylation sites is 2. The third-order valence-electron chi connectivity index (χ3n) is 7.65. The molecule has 0 N–H and O–H groups in total. The van der Waals surface area contributed by atoms with E-state index < -0.39 is 0 Å². The van der Waals surface area contributed by atoms with Crippen molar-refractivity contribution in [2.24, 2.45) is 0 Å². The number of imidazole rings is 1. The molecule has 0 spiro atoms. The van der Waals surface area contributed by atoms with Gasteiger partial charge in [0.1, 0.15) is 5.52 Å². The van der Waals surface area contributed by atoms with Crippen molar-refractivity contribution in [1.82, 2.24) is 19.1 Å². The van der Waals surface area contributed by atoms with Gasteiger partial charge in [-0.1, -0.05) is 109 Å². The van der Waals surface area contributed by atoms with Crippen LogP contribution in [0.3, 0.4) is 0 Å². The Bertz CT molecular complexity index is 2170. The van der Waals surface area contributed by atoms with Gasteiger partial charge in [-0.25, -0.2) is 14.1 Å². The van der Waals surface area contributed by atoms with Crippen LogP contribution >= 0.6 is 11.6 Å². The maximum atomic E-state index is 6.31. The maximum Gasteiger partial charge on any atom is 0.323 e. The van der Waals surface area contributed by atoms with Crippen LogP contribution in [-0.2, 0) is 13.1 Å². The predicted molar refractivity (Wildman–Crippen MR) is 178 cm³/mol. The molecule has 0 saturated carbocycles. The predicted octanol–water partition coefficient (Wildman–Crippen LogP) is 8.68. The summed E-state index contributed by atoms with van der Waals surface area (Å²) >= 11 is 6.31. The number of rotatable bonds is 8. The standard InChI is InChI=1S/C37H29ClN5/c1-3-23-41-34(42(24-4-2)37-36(41)39-31-21-19-27(38)25-32(31)40-37)22-20-30-29-17-11-12-18-33(29)43(28-15-9-6-10-16-28)35(30)26-13-7-5-8-14-26/h3-22,25H,1-2,23-24H2/q+1. The first-order valence-corrected chi connectivity index (χ1v) is 14.6. The highest BCUT2D eigenvalue weighted by Gasteiger charge is 2.25. The fraction of sp³-hybridized carbons (Fsp3) is 0.0541. The molecule has 0 unspecified atom stereocenters. The number of allylic oxidation sites excluding steroid dienone is 2. The minimum absolute atomic E-state index is 0.568. The van der Waals surface area contributed by atoms with Gasteiger partial charge in [-0.3, -0.25) is 0 Å². The molecule has 0 fully saturated rings. The third kappa shape index (κ3) is 4.64. The summed E-state index contributed by atoms with van der Waals surface area (Å²) in [5.74, 6) is 0.951. The SMILES string of the molecule is C=CCn1c(/C=C/c2c(-c3ccccc3)n(-c3ccccc3)c3ccccc23)[n+](CC=C)c2nc3ccc(Cl)cc3nc21. The minimum Gasteiger partial charge on any atom is -0.309 e. The molecule has 0 aliphatic carbocycles. The molecule has 0 bridgehead atoms. The Morgan fingerprint density at radius 2 is 1.51 bits per heavy atom. The highest BCUT2D eigenvalue weighted by atomic mass is 35.5. The molecule has 0 aliphatic heterocycles. The molecule has 0 atom stereocenters. The molecule has 0 radical (unpaired) electrons. The monoisotopic (exact) mass is 578 g/mol. The summed E-state index contributed by atoms with van der Waals surface area (Å²) in [6.07, 6.45) is 8.15. The van der Waals surface area contributed by atoms with Gasteiger partial charge in [0.25, 0.3) is 5.65 Å². The van der Waals surface area contributed by atoms with E-state index in [-0.39, 0.29) is 0 Å². The smallest absolute Gasteiger partial charge is 0.309 e. The van der Waals surface area contributed by atoms with Crippen LogP contribution < -0.4 is 4.57 Å². The van der Waals surface area contributed by atoms with E-state index in [0.29, 0.717) is 18.1 Å². The maximum absolute atomic E-state index is 6.31. The van der Waals surface area contributed by atoms with Crippen molar-refractivity contribution >= 4 is 57.0 Å². The Morgan fingerprint density at radius 1 is 0.767 bits per heavy atom. The van der Waals surface area contributed by atoms with E-state index in [2.05, 4.69) is 124 Å². The fourth-order valence-electron chi connectivity index (χ4n) is 5.85. The Hall–Kier alpha value is -5.26. The summed E-state index contributed by atoms with van der Waals surface area (Å²) in [5.41, 5.74) is 8.74. The topological polar surface area (TPSA) is 39.5 Å². The summed E-state index contributed by atoms with van der Waals surface area (Å²) in [4.78, 5) is 10.0. The average Bonchev–Trinajstić information content (AvgIpc) is 3.52. The molecule has 3 heterocycles. The van der Waals surface area contributed by atoms with Crippen molar-refractivity contribution in [3.05, 3.63) is 145 Å². The highest BCUT2D eigenvalue weighted by molar-refractivity contribution is 6.31. The highest BCUT2D eigenvalue weighted by Crippen LogP contribution is 2.37. The number of nitrogens with zero attached hydrogens (tertiary/aromatic N) is 5. The molecular weight excluding hydrogens is 550 g/mol. The molecular formula is C37H29ClN5+. The summed E-state index contributed by atoms with van der Waals surface area (Å²) in [5, 5.41) is 1.80. The van der Waals surface area contributed by atoms with Gasteiger partial charge in [0.05, 0.1) is 24.3 Å². The van der Waals surface area contributed by atoms with E-state index in [1.807, 2.05) is 30.4 Å². The van der Waals surface area contributed by atoms with Crippen molar-refractivity contribution in [3.8, 4) is 16.9 Å². The number of hydrogen-bond acceptors (Lipinski definition) is 2. The van der Waals surface area contributed by atoms with Gasteiger partial charge in [0, 0.05) is 27.7 Å². The lowest BCUT2D eigenvalue weighted by Crippen LogP contribution is -2.36. The molecule has 4 aromatic carbocycles. The van der Waals surface area contributed by atoms with Gasteiger partial charge < -0.3 is 4.57 Å². The molecule has 6 heteroatoms. The first-order valence-electron chi connectivity index (χ1n) is 14.2. The van der Waals surface area contributed by atoms with Crippen LogP contribution in [-0.4, -0.2) is 19.1 Å². The zero-order valence-corrected chi connectivity index (χ0v) is 24.3. The number of halogens is 1. The Kier molecular flexibility index (Phi) is 6.93. The average molecular weight is 579 g/mol. The molecule has 0 amide bonds. The zero-order chi connectivity index (χ0) is 29.3. The van der Waals surface area contributed by atoms with Crippen LogP contribution in [0, 0.1) is 0 Å². The number of benzene rings is 4. The van der Waals surface area contributed by atoms with Gasteiger partial charge >= 0.3 is 5.65 Å². The van der Waals surface area contributed by atoms with Crippen LogP contribution in [0.1, 0.15) is 11.4 Å². The van der Waals surface area contributed by atoms with Crippen molar-refractivity contribution in [2.75, 3.05) is 0 Å². The Balaban J connectivity index is 1.52. The Labute approximate surface area is 255 Å². The van der Waals surface area contributed by atoms with E-state index in [1.54, 1.807) is 0 Å². The Morgan fingerprint density at radius 3 is 2.28 bits per heavy atom. The molecule has 0 aliphatic rings. The van der Waals surface area contributed by atoms with Crippen LogP contribution in [0.25, 0.3) is 62.3 Å². The van der Waals surface area contributed by atoms with Crippen molar-refractivity contribution in [3.63, 3.8) is 0 Å². The van der Waals surface area contributed by atoms with Gasteiger partial charge in [-0.2, -0.15) is 0 Å². The van der Waals surface area contributed by atoms with Crippen LogP contribution in [0.15, 0.2) is 128 Å². The summed E-state index contributed by atoms with van der Waals surface area (Å²) in [7, 11) is 0. The number of fused-ring (bicyclic) bond motifs is 3. The summed E-state index contributed by atoms with van der Waals surface area (Å²) < 4.78 is 6.65. The second-order valence-electron chi connectivity index (χ2n) is 10.3. The van der Waals surface area contributed by atoms with Crippen molar-refractivity contribution in [1.29, 1.82) is 0 Å².